The smallest absolute Gasteiger partial charge is 0.261 e. The lowest BCUT2D eigenvalue weighted by molar-refractivity contribution is -0.127. The van der Waals surface area contributed by atoms with E-state index in [1.165, 1.54) is 22.5 Å². The number of ether oxygens (including phenoxy) is 2. The minimum Gasteiger partial charge on any atom is -0.467 e. The van der Waals surface area contributed by atoms with Gasteiger partial charge in [0.05, 0.1) is 17.7 Å². The lowest BCUT2D eigenvalue weighted by Crippen LogP contribution is -2.49. The lowest BCUT2D eigenvalue weighted by Gasteiger charge is -2.31. The summed E-state index contributed by atoms with van der Waals surface area (Å²) in [5, 5.41) is 7.53. The average molecular weight is 496 g/mol. The molecule has 0 radical (unpaired) electrons. The number of hydrogen-bond acceptors (Lipinski definition) is 7. The largest absolute Gasteiger partial charge is 0.467 e. The SMILES string of the molecule is O=C(NCC(=O)N(c1ccc2c(c1)OCO2)[C@@H](C(=O)NC1CCCC1)c1ccco1)c1cccs1. The van der Waals surface area contributed by atoms with Gasteiger partial charge in [0.1, 0.15) is 5.76 Å². The van der Waals surface area contributed by atoms with Crippen molar-refractivity contribution in [2.45, 2.75) is 37.8 Å². The van der Waals surface area contributed by atoms with E-state index in [1.54, 1.807) is 47.8 Å². The Morgan fingerprint density at radius 1 is 1.06 bits per heavy atom. The van der Waals surface area contributed by atoms with Crippen LogP contribution in [0.3, 0.4) is 0 Å². The number of carbonyl (C=O) groups is 3. The van der Waals surface area contributed by atoms with Crippen molar-refractivity contribution in [2.75, 3.05) is 18.2 Å². The van der Waals surface area contributed by atoms with Gasteiger partial charge in [-0.2, -0.15) is 0 Å². The molecule has 35 heavy (non-hydrogen) atoms. The van der Waals surface area contributed by atoms with E-state index < -0.39 is 11.9 Å². The summed E-state index contributed by atoms with van der Waals surface area (Å²) in [4.78, 5) is 41.5. The Kier molecular flexibility index (Phi) is 6.71. The Labute approximate surface area is 206 Å². The van der Waals surface area contributed by atoms with Gasteiger partial charge < -0.3 is 24.5 Å². The molecule has 10 heteroatoms. The van der Waals surface area contributed by atoms with Gasteiger partial charge in [-0.15, -0.1) is 11.3 Å². The highest BCUT2D eigenvalue weighted by atomic mass is 32.1. The van der Waals surface area contributed by atoms with Gasteiger partial charge in [0.25, 0.3) is 11.8 Å². The second kappa shape index (κ2) is 10.2. The van der Waals surface area contributed by atoms with Crippen LogP contribution in [-0.4, -0.2) is 37.1 Å². The normalized spacial score (nSPS) is 15.5. The van der Waals surface area contributed by atoms with Crippen molar-refractivity contribution in [3.05, 3.63) is 64.7 Å². The summed E-state index contributed by atoms with van der Waals surface area (Å²) in [5.41, 5.74) is 0.424. The van der Waals surface area contributed by atoms with E-state index in [2.05, 4.69) is 10.6 Å². The zero-order chi connectivity index (χ0) is 24.2. The number of anilines is 1. The highest BCUT2D eigenvalue weighted by Gasteiger charge is 2.37. The molecule has 182 valence electrons. The van der Waals surface area contributed by atoms with Crippen LogP contribution in [-0.2, 0) is 9.59 Å². The van der Waals surface area contributed by atoms with Gasteiger partial charge in [0.2, 0.25) is 12.7 Å². The average Bonchev–Trinajstić information content (AvgIpc) is 3.68. The minimum absolute atomic E-state index is 0.0483. The van der Waals surface area contributed by atoms with Crippen molar-refractivity contribution in [3.8, 4) is 11.5 Å². The first-order valence-corrected chi connectivity index (χ1v) is 12.4. The van der Waals surface area contributed by atoms with Crippen molar-refractivity contribution in [2.24, 2.45) is 0 Å². The van der Waals surface area contributed by atoms with Gasteiger partial charge in [-0.05, 0) is 48.6 Å². The van der Waals surface area contributed by atoms with Crippen LogP contribution in [0, 0.1) is 0 Å². The van der Waals surface area contributed by atoms with E-state index in [0.29, 0.717) is 27.8 Å². The van der Waals surface area contributed by atoms with E-state index >= 15 is 0 Å². The number of rotatable bonds is 8. The zero-order valence-corrected chi connectivity index (χ0v) is 19.7. The van der Waals surface area contributed by atoms with Crippen LogP contribution in [0.4, 0.5) is 5.69 Å². The molecule has 2 aliphatic rings. The Balaban J connectivity index is 1.46. The topological polar surface area (TPSA) is 110 Å². The second-order valence-electron chi connectivity index (χ2n) is 8.37. The monoisotopic (exact) mass is 495 g/mol. The number of thiophene rings is 1. The molecule has 1 aromatic carbocycles. The first-order valence-electron chi connectivity index (χ1n) is 11.5. The Bertz CT molecular complexity index is 1190. The van der Waals surface area contributed by atoms with Crippen molar-refractivity contribution in [1.82, 2.24) is 10.6 Å². The molecule has 3 heterocycles. The molecule has 0 spiro atoms. The van der Waals surface area contributed by atoms with Crippen molar-refractivity contribution in [1.29, 1.82) is 0 Å². The van der Waals surface area contributed by atoms with Crippen molar-refractivity contribution < 1.29 is 28.3 Å². The van der Waals surface area contributed by atoms with Crippen LogP contribution in [0.15, 0.2) is 58.5 Å². The summed E-state index contributed by atoms with van der Waals surface area (Å²) >= 11 is 1.28. The van der Waals surface area contributed by atoms with Gasteiger partial charge in [0, 0.05) is 17.8 Å². The molecule has 0 unspecified atom stereocenters. The molecule has 0 bridgehead atoms. The van der Waals surface area contributed by atoms with Gasteiger partial charge in [0.15, 0.2) is 17.5 Å². The fraction of sp³-hybridized carbons (Fsp3) is 0.320. The number of carbonyl (C=O) groups excluding carboxylic acids is 3. The highest BCUT2D eigenvalue weighted by molar-refractivity contribution is 7.12. The molecule has 1 aliphatic carbocycles. The molecule has 9 nitrogen and oxygen atoms in total. The molecule has 2 aromatic heterocycles. The minimum atomic E-state index is -1.07. The molecular weight excluding hydrogens is 470 g/mol. The number of hydrogen-bond donors (Lipinski definition) is 2. The van der Waals surface area contributed by atoms with Crippen LogP contribution in [0.1, 0.15) is 47.2 Å². The summed E-state index contributed by atoms with van der Waals surface area (Å²) in [7, 11) is 0. The molecular formula is C25H25N3O6S. The maximum atomic E-state index is 13.6. The standard InChI is InChI=1S/C25H25N3O6S/c29-22(14-26-24(30)21-8-4-12-35-21)28(17-9-10-18-20(13-17)34-15-33-18)23(19-7-3-11-32-19)25(31)27-16-5-1-2-6-16/h3-4,7-13,16,23H,1-2,5-6,14-15H2,(H,26,30)(H,27,31)/t23-/m1/s1. The summed E-state index contributed by atoms with van der Waals surface area (Å²) in [6.07, 6.45) is 5.36. The first kappa shape index (κ1) is 23.0. The Morgan fingerprint density at radius 2 is 1.89 bits per heavy atom. The number of amides is 3. The molecule has 3 amide bonds. The lowest BCUT2D eigenvalue weighted by atomic mass is 10.1. The van der Waals surface area contributed by atoms with Crippen molar-refractivity contribution >= 4 is 34.7 Å². The van der Waals surface area contributed by atoms with Gasteiger partial charge >= 0.3 is 0 Å². The highest BCUT2D eigenvalue weighted by Crippen LogP contribution is 2.38. The molecule has 1 atom stereocenters. The third kappa shape index (κ3) is 5.02. The fourth-order valence-electron chi connectivity index (χ4n) is 4.38. The summed E-state index contributed by atoms with van der Waals surface area (Å²) in [6.45, 7) is -0.230. The molecule has 1 aliphatic heterocycles. The first-order chi connectivity index (χ1) is 17.1. The Morgan fingerprint density at radius 3 is 2.63 bits per heavy atom. The number of benzene rings is 1. The molecule has 1 fully saturated rings. The third-order valence-corrected chi connectivity index (χ3v) is 6.94. The quantitative estimate of drug-likeness (QED) is 0.494. The number of fused-ring (bicyclic) bond motifs is 1. The molecule has 2 N–H and O–H groups in total. The van der Waals surface area contributed by atoms with Crippen LogP contribution in [0.5, 0.6) is 11.5 Å². The van der Waals surface area contributed by atoms with Crippen LogP contribution >= 0.6 is 11.3 Å². The van der Waals surface area contributed by atoms with E-state index in [0.717, 1.165) is 25.7 Å². The predicted octanol–water partition coefficient (Wildman–Crippen LogP) is 3.63. The molecule has 3 aromatic rings. The van der Waals surface area contributed by atoms with Gasteiger partial charge in [-0.1, -0.05) is 18.9 Å². The Hall–Kier alpha value is -3.79. The van der Waals surface area contributed by atoms with E-state index in [4.69, 9.17) is 13.9 Å². The fourth-order valence-corrected chi connectivity index (χ4v) is 5.02. The van der Waals surface area contributed by atoms with Gasteiger partial charge in [-0.3, -0.25) is 19.3 Å². The van der Waals surface area contributed by atoms with E-state index in [-0.39, 0.29) is 31.2 Å². The number of nitrogens with one attached hydrogen (secondary N) is 2. The zero-order valence-electron chi connectivity index (χ0n) is 18.9. The van der Waals surface area contributed by atoms with Crippen LogP contribution in [0.25, 0.3) is 0 Å². The third-order valence-electron chi connectivity index (χ3n) is 6.07. The summed E-state index contributed by atoms with van der Waals surface area (Å²) in [5.74, 6) is 0.161. The molecule has 1 saturated carbocycles. The summed E-state index contributed by atoms with van der Waals surface area (Å²) < 4.78 is 16.5. The van der Waals surface area contributed by atoms with Crippen molar-refractivity contribution in [3.63, 3.8) is 0 Å². The maximum absolute atomic E-state index is 13.6. The number of furan rings is 1. The van der Waals surface area contributed by atoms with E-state index in [9.17, 15) is 14.4 Å². The van der Waals surface area contributed by atoms with Crippen LogP contribution < -0.4 is 25.0 Å². The molecule has 5 rings (SSSR count). The van der Waals surface area contributed by atoms with Crippen LogP contribution in [0.2, 0.25) is 0 Å². The molecule has 0 saturated heterocycles. The van der Waals surface area contributed by atoms with Gasteiger partial charge in [-0.25, -0.2) is 0 Å². The van der Waals surface area contributed by atoms with E-state index in [1.807, 2.05) is 0 Å². The number of nitrogens with zero attached hydrogens (tertiary/aromatic N) is 1. The predicted molar refractivity (Wildman–Crippen MR) is 129 cm³/mol. The summed E-state index contributed by atoms with van der Waals surface area (Å²) in [6, 6.07) is 10.8. The second-order valence-corrected chi connectivity index (χ2v) is 9.32. The maximum Gasteiger partial charge on any atom is 0.261 e.